The van der Waals surface area contributed by atoms with E-state index in [2.05, 4.69) is 9.88 Å². The molecule has 4 heteroatoms. The van der Waals surface area contributed by atoms with E-state index >= 15 is 0 Å². The molecule has 0 aliphatic carbocycles. The first-order chi connectivity index (χ1) is 7.72. The van der Waals surface area contributed by atoms with E-state index in [1.54, 1.807) is 0 Å². The van der Waals surface area contributed by atoms with Crippen LogP contribution in [-0.4, -0.2) is 29.3 Å². The standard InChI is InChI=1S/C12H19N3O/c1-9(13)12-5-4-10(7-14-12)15-6-2-3-11(15)8-16/h4-5,7,9,11,16H,2-3,6,8,13H2,1H3/t9-,11?/m1/s1. The second-order valence-corrected chi connectivity index (χ2v) is 4.40. The van der Waals surface area contributed by atoms with Gasteiger partial charge in [-0.05, 0) is 31.9 Å². The van der Waals surface area contributed by atoms with Gasteiger partial charge in [0.2, 0.25) is 0 Å². The third-order valence-corrected chi connectivity index (χ3v) is 3.16. The third kappa shape index (κ3) is 2.18. The van der Waals surface area contributed by atoms with Crippen molar-refractivity contribution >= 4 is 5.69 Å². The van der Waals surface area contributed by atoms with Gasteiger partial charge >= 0.3 is 0 Å². The van der Waals surface area contributed by atoms with Gasteiger partial charge in [-0.3, -0.25) is 4.98 Å². The number of anilines is 1. The maximum Gasteiger partial charge on any atom is 0.0635 e. The number of rotatable bonds is 3. The Kier molecular flexibility index (Phi) is 3.41. The molecule has 1 unspecified atom stereocenters. The molecule has 0 bridgehead atoms. The van der Waals surface area contributed by atoms with Gasteiger partial charge in [0.15, 0.2) is 0 Å². The number of hydrogen-bond donors (Lipinski definition) is 2. The van der Waals surface area contributed by atoms with Gasteiger partial charge in [0.25, 0.3) is 0 Å². The van der Waals surface area contributed by atoms with Crippen molar-refractivity contribution in [1.29, 1.82) is 0 Å². The number of nitrogens with zero attached hydrogens (tertiary/aromatic N) is 2. The van der Waals surface area contributed by atoms with Gasteiger partial charge in [-0.2, -0.15) is 0 Å². The molecular weight excluding hydrogens is 202 g/mol. The lowest BCUT2D eigenvalue weighted by molar-refractivity contribution is 0.266. The van der Waals surface area contributed by atoms with E-state index in [1.807, 2.05) is 25.3 Å². The van der Waals surface area contributed by atoms with Crippen molar-refractivity contribution in [3.05, 3.63) is 24.0 Å². The van der Waals surface area contributed by atoms with E-state index in [0.717, 1.165) is 30.8 Å². The number of hydrogen-bond acceptors (Lipinski definition) is 4. The average Bonchev–Trinajstić information content (AvgIpc) is 2.77. The Bertz CT molecular complexity index is 337. The Morgan fingerprint density at radius 2 is 2.44 bits per heavy atom. The minimum Gasteiger partial charge on any atom is -0.394 e. The molecule has 1 aliphatic heterocycles. The lowest BCUT2D eigenvalue weighted by Gasteiger charge is -2.25. The summed E-state index contributed by atoms with van der Waals surface area (Å²) in [5.41, 5.74) is 7.74. The minimum absolute atomic E-state index is 0.0266. The molecule has 1 saturated heterocycles. The van der Waals surface area contributed by atoms with E-state index in [0.29, 0.717) is 0 Å². The van der Waals surface area contributed by atoms with E-state index in [4.69, 9.17) is 5.73 Å². The first-order valence-corrected chi connectivity index (χ1v) is 5.81. The number of aromatic nitrogens is 1. The summed E-state index contributed by atoms with van der Waals surface area (Å²) in [6, 6.07) is 4.23. The van der Waals surface area contributed by atoms with Crippen molar-refractivity contribution in [3.8, 4) is 0 Å². The molecule has 1 aromatic rings. The molecule has 1 fully saturated rings. The molecule has 16 heavy (non-hydrogen) atoms. The summed E-state index contributed by atoms with van der Waals surface area (Å²) in [5, 5.41) is 9.26. The lowest BCUT2D eigenvalue weighted by atomic mass is 10.2. The quantitative estimate of drug-likeness (QED) is 0.801. The number of pyridine rings is 1. The van der Waals surface area contributed by atoms with Crippen molar-refractivity contribution in [2.45, 2.75) is 31.8 Å². The molecule has 0 amide bonds. The fourth-order valence-electron chi connectivity index (χ4n) is 2.20. The zero-order chi connectivity index (χ0) is 11.5. The summed E-state index contributed by atoms with van der Waals surface area (Å²) < 4.78 is 0. The molecule has 3 N–H and O–H groups in total. The molecule has 1 aliphatic rings. The fraction of sp³-hybridized carbons (Fsp3) is 0.583. The van der Waals surface area contributed by atoms with Crippen LogP contribution in [0.15, 0.2) is 18.3 Å². The highest BCUT2D eigenvalue weighted by atomic mass is 16.3. The van der Waals surface area contributed by atoms with Crippen LogP contribution in [0.2, 0.25) is 0 Å². The van der Waals surface area contributed by atoms with Crippen LogP contribution in [0, 0.1) is 0 Å². The molecule has 4 nitrogen and oxygen atoms in total. The van der Waals surface area contributed by atoms with Crippen molar-refractivity contribution in [1.82, 2.24) is 4.98 Å². The zero-order valence-corrected chi connectivity index (χ0v) is 9.63. The van der Waals surface area contributed by atoms with Gasteiger partial charge in [0.1, 0.15) is 0 Å². The van der Waals surface area contributed by atoms with Crippen LogP contribution < -0.4 is 10.6 Å². The summed E-state index contributed by atoms with van der Waals surface area (Å²) >= 11 is 0. The average molecular weight is 221 g/mol. The van der Waals surface area contributed by atoms with Crippen molar-refractivity contribution in [3.63, 3.8) is 0 Å². The Labute approximate surface area is 96.1 Å². The largest absolute Gasteiger partial charge is 0.394 e. The third-order valence-electron chi connectivity index (χ3n) is 3.16. The van der Waals surface area contributed by atoms with Crippen LogP contribution in [0.25, 0.3) is 0 Å². The predicted octanol–water partition coefficient (Wildman–Crippen LogP) is 1.06. The topological polar surface area (TPSA) is 62.4 Å². The number of aliphatic hydroxyl groups excluding tert-OH is 1. The normalized spacial score (nSPS) is 22.4. The Morgan fingerprint density at radius 1 is 1.62 bits per heavy atom. The summed E-state index contributed by atoms with van der Waals surface area (Å²) in [5.74, 6) is 0. The summed E-state index contributed by atoms with van der Waals surface area (Å²) in [4.78, 5) is 6.56. The van der Waals surface area contributed by atoms with Gasteiger partial charge in [0.05, 0.1) is 30.2 Å². The van der Waals surface area contributed by atoms with E-state index < -0.39 is 0 Å². The van der Waals surface area contributed by atoms with Gasteiger partial charge < -0.3 is 15.7 Å². The van der Waals surface area contributed by atoms with E-state index in [1.165, 1.54) is 0 Å². The minimum atomic E-state index is -0.0266. The molecule has 0 saturated carbocycles. The molecule has 0 aromatic carbocycles. The lowest BCUT2D eigenvalue weighted by Crippen LogP contribution is -2.32. The van der Waals surface area contributed by atoms with E-state index in [-0.39, 0.29) is 18.7 Å². The molecule has 0 spiro atoms. The SMILES string of the molecule is C[C@@H](N)c1ccc(N2CCCC2CO)cn1. The van der Waals surface area contributed by atoms with Crippen molar-refractivity contribution in [2.24, 2.45) is 5.73 Å². The second kappa shape index (κ2) is 4.80. The maximum atomic E-state index is 9.26. The van der Waals surface area contributed by atoms with Crippen molar-refractivity contribution < 1.29 is 5.11 Å². The van der Waals surface area contributed by atoms with Crippen LogP contribution in [-0.2, 0) is 0 Å². The molecule has 0 radical (unpaired) electrons. The highest BCUT2D eigenvalue weighted by Crippen LogP contribution is 2.25. The maximum absolute atomic E-state index is 9.26. The Hall–Kier alpha value is -1.13. The van der Waals surface area contributed by atoms with Gasteiger partial charge in [-0.25, -0.2) is 0 Å². The first-order valence-electron chi connectivity index (χ1n) is 5.81. The monoisotopic (exact) mass is 221 g/mol. The van der Waals surface area contributed by atoms with Crippen LogP contribution in [0.4, 0.5) is 5.69 Å². The Morgan fingerprint density at radius 3 is 3.00 bits per heavy atom. The second-order valence-electron chi connectivity index (χ2n) is 4.40. The first kappa shape index (κ1) is 11.4. The zero-order valence-electron chi connectivity index (χ0n) is 9.63. The number of nitrogens with two attached hydrogens (primary N) is 1. The summed E-state index contributed by atoms with van der Waals surface area (Å²) in [7, 11) is 0. The van der Waals surface area contributed by atoms with Crippen molar-refractivity contribution in [2.75, 3.05) is 18.1 Å². The van der Waals surface area contributed by atoms with Crippen LogP contribution in [0.5, 0.6) is 0 Å². The predicted molar refractivity (Wildman–Crippen MR) is 64.3 cm³/mol. The summed E-state index contributed by atoms with van der Waals surface area (Å²) in [6.45, 7) is 3.15. The molecule has 1 aromatic heterocycles. The van der Waals surface area contributed by atoms with Gasteiger partial charge in [0, 0.05) is 12.6 Å². The molecule has 2 rings (SSSR count). The van der Waals surface area contributed by atoms with Crippen LogP contribution >= 0.6 is 0 Å². The molecule has 2 atom stereocenters. The van der Waals surface area contributed by atoms with Crippen LogP contribution in [0.3, 0.4) is 0 Å². The van der Waals surface area contributed by atoms with E-state index in [9.17, 15) is 5.11 Å². The molecular formula is C12H19N3O. The highest BCUT2D eigenvalue weighted by Gasteiger charge is 2.23. The van der Waals surface area contributed by atoms with Gasteiger partial charge in [-0.1, -0.05) is 0 Å². The summed E-state index contributed by atoms with van der Waals surface area (Å²) in [6.07, 6.45) is 4.05. The van der Waals surface area contributed by atoms with Crippen LogP contribution in [0.1, 0.15) is 31.5 Å². The fourth-order valence-corrected chi connectivity index (χ4v) is 2.20. The van der Waals surface area contributed by atoms with Gasteiger partial charge in [-0.15, -0.1) is 0 Å². The number of aliphatic hydroxyl groups is 1. The molecule has 2 heterocycles. The Balaban J connectivity index is 2.15. The molecule has 88 valence electrons. The highest BCUT2D eigenvalue weighted by molar-refractivity contribution is 5.47. The smallest absolute Gasteiger partial charge is 0.0635 e.